The summed E-state index contributed by atoms with van der Waals surface area (Å²) in [4.78, 5) is 17.8. The molecule has 1 aromatic rings. The van der Waals surface area contributed by atoms with E-state index in [1.807, 2.05) is 6.07 Å². The first kappa shape index (κ1) is 17.8. The molecule has 0 atom stereocenters. The summed E-state index contributed by atoms with van der Waals surface area (Å²) in [7, 11) is -2.97. The number of rotatable bonds is 6. The van der Waals surface area contributed by atoms with E-state index in [1.54, 1.807) is 19.2 Å². The van der Waals surface area contributed by atoms with Gasteiger partial charge in [-0.1, -0.05) is 39.8 Å². The van der Waals surface area contributed by atoms with Gasteiger partial charge in [0, 0.05) is 5.56 Å². The van der Waals surface area contributed by atoms with Crippen LogP contribution in [0.25, 0.3) is 5.76 Å². The van der Waals surface area contributed by atoms with Crippen molar-refractivity contribution in [2.45, 2.75) is 27.7 Å². The quantitative estimate of drug-likeness (QED) is 0.616. The molecule has 0 unspecified atom stereocenters. The van der Waals surface area contributed by atoms with E-state index in [2.05, 4.69) is 32.2 Å². The van der Waals surface area contributed by atoms with Crippen molar-refractivity contribution in [2.24, 2.45) is 11.8 Å². The van der Waals surface area contributed by atoms with Gasteiger partial charge in [0.25, 0.3) is 0 Å². The fourth-order valence-corrected chi connectivity index (χ4v) is 2.81. The van der Waals surface area contributed by atoms with Crippen LogP contribution in [0.15, 0.2) is 29.8 Å². The van der Waals surface area contributed by atoms with Crippen LogP contribution in [0.3, 0.4) is 0 Å². The Hall–Kier alpha value is -1.29. The van der Waals surface area contributed by atoms with Crippen molar-refractivity contribution in [1.29, 1.82) is 0 Å². The van der Waals surface area contributed by atoms with Crippen LogP contribution >= 0.6 is 7.82 Å². The molecule has 0 heterocycles. The van der Waals surface area contributed by atoms with Crippen LogP contribution in [0, 0.1) is 11.8 Å². The van der Waals surface area contributed by atoms with Crippen LogP contribution in [-0.2, 0) is 9.30 Å². The Morgan fingerprint density at radius 1 is 1.14 bits per heavy atom. The van der Waals surface area contributed by atoms with E-state index in [1.165, 1.54) is 6.07 Å². The molecular weight excluding hydrogens is 291 g/mol. The summed E-state index contributed by atoms with van der Waals surface area (Å²) in [5, 5.41) is 0. The zero-order valence-corrected chi connectivity index (χ0v) is 13.9. The molecule has 1 rings (SSSR count). The van der Waals surface area contributed by atoms with Crippen LogP contribution in [0.1, 0.15) is 33.3 Å². The fourth-order valence-electron chi connectivity index (χ4n) is 2.42. The normalized spacial score (nSPS) is 11.7. The molecule has 0 saturated heterocycles. The van der Waals surface area contributed by atoms with Crippen molar-refractivity contribution in [2.75, 3.05) is 7.11 Å². The number of ether oxygens (including phenoxy) is 1. The predicted molar refractivity (Wildman–Crippen MR) is 82.7 cm³/mol. The van der Waals surface area contributed by atoms with Crippen LogP contribution in [0.5, 0.6) is 5.75 Å². The summed E-state index contributed by atoms with van der Waals surface area (Å²) in [6.45, 7) is 8.35. The lowest BCUT2D eigenvalue weighted by Gasteiger charge is -2.21. The average molecular weight is 314 g/mol. The number of hydrogen-bond acceptors (Lipinski definition) is 3. The molecule has 0 bridgehead atoms. The maximum atomic E-state index is 10.9. The number of methoxy groups -OCH3 is 1. The summed E-state index contributed by atoms with van der Waals surface area (Å²) in [6.07, 6.45) is 0. The molecule has 1 aromatic carbocycles. The van der Waals surface area contributed by atoms with E-state index < -0.39 is 7.82 Å². The van der Waals surface area contributed by atoms with E-state index in [0.717, 1.165) is 16.9 Å². The highest BCUT2D eigenvalue weighted by Gasteiger charge is 2.19. The molecule has 6 heteroatoms. The van der Waals surface area contributed by atoms with Gasteiger partial charge in [-0.25, -0.2) is 4.57 Å². The van der Waals surface area contributed by atoms with Gasteiger partial charge in [0.05, 0.1) is 7.11 Å². The highest BCUT2D eigenvalue weighted by Crippen LogP contribution is 2.39. The zero-order valence-electron chi connectivity index (χ0n) is 13.0. The molecule has 0 aliphatic carbocycles. The van der Waals surface area contributed by atoms with E-state index in [4.69, 9.17) is 14.5 Å². The molecule has 118 valence electrons. The zero-order chi connectivity index (χ0) is 16.2. The topological polar surface area (TPSA) is 76.0 Å². The van der Waals surface area contributed by atoms with Crippen molar-refractivity contribution >= 4 is 13.6 Å². The Labute approximate surface area is 125 Å². The highest BCUT2D eigenvalue weighted by atomic mass is 31.2. The molecule has 0 spiro atoms. The lowest BCUT2D eigenvalue weighted by atomic mass is 9.89. The van der Waals surface area contributed by atoms with Gasteiger partial charge in [-0.15, -0.1) is 0 Å². The third-order valence-corrected chi connectivity index (χ3v) is 3.48. The van der Waals surface area contributed by atoms with Crippen LogP contribution in [0.4, 0.5) is 0 Å². The Morgan fingerprint density at radius 2 is 1.71 bits per heavy atom. The Balaban J connectivity index is 3.32. The maximum Gasteiger partial charge on any atom is 0.524 e. The number of allylic oxidation sites excluding steroid dienone is 1. The summed E-state index contributed by atoms with van der Waals surface area (Å²) < 4.78 is 21.1. The largest absolute Gasteiger partial charge is 0.524 e. The standard InChI is InChI=1S/C15H23O5P/c1-10(2)14(11(3)4)15(19-5)12-7-6-8-13(9-12)20-21(16,17)18/h6-11H,1-5H3,(H2,16,17,18). The SMILES string of the molecule is COC(=C(C(C)C)C(C)C)c1cccc(OP(=O)(O)O)c1. The molecule has 21 heavy (non-hydrogen) atoms. The molecule has 0 fully saturated rings. The monoisotopic (exact) mass is 314 g/mol. The van der Waals surface area contributed by atoms with Crippen molar-refractivity contribution < 1.29 is 23.6 Å². The Bertz CT molecular complexity index is 547. The van der Waals surface area contributed by atoms with E-state index in [9.17, 15) is 4.57 Å². The molecule has 0 amide bonds. The first-order valence-corrected chi connectivity index (χ1v) is 8.32. The second-order valence-corrected chi connectivity index (χ2v) is 6.57. The number of benzene rings is 1. The molecule has 5 nitrogen and oxygen atoms in total. The van der Waals surface area contributed by atoms with Gasteiger partial charge in [-0.05, 0) is 29.5 Å². The molecule has 2 N–H and O–H groups in total. The molecule has 0 aliphatic heterocycles. The lowest BCUT2D eigenvalue weighted by molar-refractivity contribution is 0.283. The van der Waals surface area contributed by atoms with E-state index in [0.29, 0.717) is 11.8 Å². The molecule has 0 saturated carbocycles. The van der Waals surface area contributed by atoms with Gasteiger partial charge < -0.3 is 9.26 Å². The van der Waals surface area contributed by atoms with Gasteiger partial charge in [0.2, 0.25) is 0 Å². The lowest BCUT2D eigenvalue weighted by Crippen LogP contribution is -2.07. The van der Waals surface area contributed by atoms with Crippen LogP contribution in [0.2, 0.25) is 0 Å². The summed E-state index contributed by atoms with van der Waals surface area (Å²) >= 11 is 0. The minimum Gasteiger partial charge on any atom is -0.496 e. The molecule has 0 aliphatic rings. The second kappa shape index (κ2) is 7.12. The number of phosphoric ester groups is 1. The summed E-state index contributed by atoms with van der Waals surface area (Å²) in [5.74, 6) is 1.43. The van der Waals surface area contributed by atoms with Crippen molar-refractivity contribution in [1.82, 2.24) is 0 Å². The van der Waals surface area contributed by atoms with Crippen molar-refractivity contribution in [3.63, 3.8) is 0 Å². The highest BCUT2D eigenvalue weighted by molar-refractivity contribution is 7.46. The minimum absolute atomic E-state index is 0.113. The van der Waals surface area contributed by atoms with Crippen LogP contribution < -0.4 is 4.52 Å². The molecule has 0 aromatic heterocycles. The Kier molecular flexibility index (Phi) is 6.02. The average Bonchev–Trinajstić information content (AvgIpc) is 2.32. The van der Waals surface area contributed by atoms with E-state index >= 15 is 0 Å². The van der Waals surface area contributed by atoms with Gasteiger partial charge >= 0.3 is 7.82 Å². The fraction of sp³-hybridized carbons (Fsp3) is 0.467. The molecular formula is C15H23O5P. The van der Waals surface area contributed by atoms with E-state index in [-0.39, 0.29) is 5.75 Å². The Morgan fingerprint density at radius 3 is 2.14 bits per heavy atom. The third kappa shape index (κ3) is 5.20. The van der Waals surface area contributed by atoms with Gasteiger partial charge in [0.1, 0.15) is 11.5 Å². The maximum absolute atomic E-state index is 10.9. The smallest absolute Gasteiger partial charge is 0.496 e. The van der Waals surface area contributed by atoms with Crippen molar-refractivity contribution in [3.05, 3.63) is 35.4 Å². The first-order valence-electron chi connectivity index (χ1n) is 6.79. The first-order chi connectivity index (χ1) is 9.65. The summed E-state index contributed by atoms with van der Waals surface area (Å²) in [5.41, 5.74) is 1.88. The minimum atomic E-state index is -4.56. The third-order valence-electron chi connectivity index (χ3n) is 3.03. The second-order valence-electron chi connectivity index (χ2n) is 5.41. The van der Waals surface area contributed by atoms with Gasteiger partial charge in [-0.3, -0.25) is 9.79 Å². The van der Waals surface area contributed by atoms with Gasteiger partial charge in [-0.2, -0.15) is 0 Å². The van der Waals surface area contributed by atoms with Crippen molar-refractivity contribution in [3.8, 4) is 5.75 Å². The van der Waals surface area contributed by atoms with Crippen LogP contribution in [-0.4, -0.2) is 16.9 Å². The van der Waals surface area contributed by atoms with Gasteiger partial charge in [0.15, 0.2) is 0 Å². The number of hydrogen-bond donors (Lipinski definition) is 2. The predicted octanol–water partition coefficient (Wildman–Crippen LogP) is 3.83. The summed E-state index contributed by atoms with van der Waals surface area (Å²) in [6, 6.07) is 6.58. The number of phosphoric acid groups is 1. The molecule has 0 radical (unpaired) electrons.